The van der Waals surface area contributed by atoms with E-state index in [1.807, 2.05) is 23.7 Å². The van der Waals surface area contributed by atoms with Crippen LogP contribution in [0.25, 0.3) is 0 Å². The van der Waals surface area contributed by atoms with Gasteiger partial charge in [0.05, 0.1) is 18.2 Å². The summed E-state index contributed by atoms with van der Waals surface area (Å²) in [6.07, 6.45) is 2.79. The van der Waals surface area contributed by atoms with Crippen molar-refractivity contribution in [3.63, 3.8) is 0 Å². The van der Waals surface area contributed by atoms with Crippen LogP contribution in [0.1, 0.15) is 24.9 Å². The molecule has 1 unspecified atom stereocenters. The highest BCUT2D eigenvalue weighted by molar-refractivity contribution is 7.13. The topological polar surface area (TPSA) is 86.8 Å². The number of amides is 2. The Morgan fingerprint density at radius 3 is 2.78 bits per heavy atom. The number of anilines is 1. The summed E-state index contributed by atoms with van der Waals surface area (Å²) in [6.45, 7) is 5.90. The van der Waals surface area contributed by atoms with Crippen molar-refractivity contribution in [1.82, 2.24) is 20.5 Å². The second kappa shape index (κ2) is 10.3. The van der Waals surface area contributed by atoms with Crippen molar-refractivity contribution >= 4 is 40.1 Å². The maximum absolute atomic E-state index is 13.0. The first-order chi connectivity index (χ1) is 15.5. The Morgan fingerprint density at radius 1 is 1.25 bits per heavy atom. The van der Waals surface area contributed by atoms with E-state index >= 15 is 0 Å². The van der Waals surface area contributed by atoms with E-state index in [1.165, 1.54) is 0 Å². The third-order valence-electron chi connectivity index (χ3n) is 5.51. The number of nitrogens with zero attached hydrogens (tertiary/aromatic N) is 3. The van der Waals surface area contributed by atoms with Crippen LogP contribution in [0.5, 0.6) is 0 Å². The molecule has 1 aromatic carbocycles. The number of nitrogens with one attached hydrogen (secondary N) is 2. The number of rotatable bonds is 6. The third kappa shape index (κ3) is 5.23. The van der Waals surface area contributed by atoms with Crippen molar-refractivity contribution in [3.8, 4) is 0 Å². The molecule has 0 bridgehead atoms. The van der Waals surface area contributed by atoms with Crippen LogP contribution in [0.4, 0.5) is 9.93 Å². The smallest absolute Gasteiger partial charge is 0.338 e. The molecule has 2 aliphatic rings. The van der Waals surface area contributed by atoms with E-state index in [1.54, 1.807) is 30.4 Å². The molecule has 2 aliphatic heterocycles. The van der Waals surface area contributed by atoms with Gasteiger partial charge in [-0.1, -0.05) is 23.7 Å². The summed E-state index contributed by atoms with van der Waals surface area (Å²) in [5.41, 5.74) is 1.78. The predicted octanol–water partition coefficient (Wildman–Crippen LogP) is 3.18. The summed E-state index contributed by atoms with van der Waals surface area (Å²) in [7, 11) is 0. The molecule has 3 heterocycles. The molecule has 2 amide bonds. The van der Waals surface area contributed by atoms with Gasteiger partial charge in [-0.2, -0.15) is 0 Å². The van der Waals surface area contributed by atoms with E-state index in [2.05, 4.69) is 25.4 Å². The van der Waals surface area contributed by atoms with E-state index in [0.717, 1.165) is 43.3 Å². The fourth-order valence-electron chi connectivity index (χ4n) is 4.01. The Balaban J connectivity index is 1.59. The Morgan fingerprint density at radius 2 is 2.06 bits per heavy atom. The second-order valence-corrected chi connectivity index (χ2v) is 8.94. The van der Waals surface area contributed by atoms with Crippen molar-refractivity contribution in [2.45, 2.75) is 19.4 Å². The summed E-state index contributed by atoms with van der Waals surface area (Å²) in [4.78, 5) is 34.4. The fourth-order valence-corrected chi connectivity index (χ4v) is 4.84. The summed E-state index contributed by atoms with van der Waals surface area (Å²) in [5, 5.41) is 9.32. The minimum atomic E-state index is -0.603. The van der Waals surface area contributed by atoms with Crippen molar-refractivity contribution in [2.24, 2.45) is 0 Å². The van der Waals surface area contributed by atoms with Gasteiger partial charge in [-0.15, -0.1) is 11.3 Å². The molecule has 10 heteroatoms. The van der Waals surface area contributed by atoms with Gasteiger partial charge >= 0.3 is 12.0 Å². The Bertz CT molecular complexity index is 980. The molecule has 4 rings (SSSR count). The molecule has 0 spiro atoms. The average molecular weight is 476 g/mol. The Labute approximate surface area is 196 Å². The zero-order valence-corrected chi connectivity index (χ0v) is 19.4. The first kappa shape index (κ1) is 22.6. The maximum atomic E-state index is 13.0. The first-order valence-electron chi connectivity index (χ1n) is 10.6. The number of benzene rings is 1. The molecule has 0 radical (unpaired) electrons. The summed E-state index contributed by atoms with van der Waals surface area (Å²) < 4.78 is 5.35. The molecule has 0 saturated carbocycles. The normalized spacial score (nSPS) is 19.9. The number of carbonyl (C=O) groups is 2. The monoisotopic (exact) mass is 475 g/mol. The molecular formula is C22H26ClN5O3S. The largest absolute Gasteiger partial charge is 0.463 e. The van der Waals surface area contributed by atoms with Crippen molar-refractivity contribution < 1.29 is 14.3 Å². The van der Waals surface area contributed by atoms with Gasteiger partial charge in [-0.3, -0.25) is 4.90 Å². The van der Waals surface area contributed by atoms with Gasteiger partial charge in [-0.05, 0) is 31.0 Å². The van der Waals surface area contributed by atoms with Gasteiger partial charge < -0.3 is 20.3 Å². The van der Waals surface area contributed by atoms with E-state index < -0.39 is 12.0 Å². The molecular weight excluding hydrogens is 450 g/mol. The van der Waals surface area contributed by atoms with Crippen LogP contribution in [0, 0.1) is 0 Å². The zero-order valence-electron chi connectivity index (χ0n) is 17.8. The second-order valence-electron chi connectivity index (χ2n) is 7.63. The van der Waals surface area contributed by atoms with E-state index in [0.29, 0.717) is 22.8 Å². The van der Waals surface area contributed by atoms with Gasteiger partial charge in [0.15, 0.2) is 5.13 Å². The lowest BCUT2D eigenvalue weighted by Crippen LogP contribution is -2.48. The van der Waals surface area contributed by atoms with Crippen LogP contribution in [-0.2, 0) is 9.53 Å². The van der Waals surface area contributed by atoms with Crippen molar-refractivity contribution in [2.75, 3.05) is 44.2 Å². The zero-order chi connectivity index (χ0) is 22.5. The number of carbonyl (C=O) groups excluding carboxylic acids is 2. The van der Waals surface area contributed by atoms with Crippen LogP contribution in [-0.4, -0.2) is 61.2 Å². The molecule has 170 valence electrons. The number of urea groups is 1. The molecule has 1 aromatic heterocycles. The number of ether oxygens (including phenoxy) is 1. The summed E-state index contributed by atoms with van der Waals surface area (Å²) in [5.74, 6) is -0.436. The number of hydrogen-bond acceptors (Lipinski definition) is 7. The van der Waals surface area contributed by atoms with Crippen LogP contribution < -0.4 is 15.5 Å². The van der Waals surface area contributed by atoms with Gasteiger partial charge in [0.25, 0.3) is 0 Å². The number of esters is 1. The van der Waals surface area contributed by atoms with Crippen molar-refractivity contribution in [3.05, 3.63) is 57.7 Å². The lowest BCUT2D eigenvalue weighted by molar-refractivity contribution is -0.139. The molecule has 1 atom stereocenters. The van der Waals surface area contributed by atoms with Crippen LogP contribution in [0.15, 0.2) is 47.1 Å². The molecule has 2 N–H and O–H groups in total. The SMILES string of the molecule is CCOC(=O)C1=C(CN2CCCN(c3nccs3)CC2)NC(=O)NC1c1ccc(Cl)cc1. The standard InChI is InChI=1S/C22H26ClN5O3S/c1-2-31-20(29)18-17(25-21(30)26-19(18)15-4-6-16(23)7-5-15)14-27-9-3-10-28(12-11-27)22-24-8-13-32-22/h4-8,13,19H,2-3,9-12,14H2,1H3,(H2,25,26,30). The lowest BCUT2D eigenvalue weighted by Gasteiger charge is -2.32. The number of thiazole rings is 1. The van der Waals surface area contributed by atoms with E-state index in [-0.39, 0.29) is 12.6 Å². The van der Waals surface area contributed by atoms with Gasteiger partial charge in [0, 0.05) is 55.0 Å². The molecule has 0 aliphatic carbocycles. The predicted molar refractivity (Wildman–Crippen MR) is 125 cm³/mol. The molecule has 1 saturated heterocycles. The van der Waals surface area contributed by atoms with Gasteiger partial charge in [-0.25, -0.2) is 14.6 Å². The van der Waals surface area contributed by atoms with Crippen molar-refractivity contribution in [1.29, 1.82) is 0 Å². The number of aromatic nitrogens is 1. The van der Waals surface area contributed by atoms with E-state index in [9.17, 15) is 9.59 Å². The van der Waals surface area contributed by atoms with Crippen LogP contribution in [0.3, 0.4) is 0 Å². The maximum Gasteiger partial charge on any atom is 0.338 e. The van der Waals surface area contributed by atoms with Crippen LogP contribution in [0.2, 0.25) is 5.02 Å². The minimum Gasteiger partial charge on any atom is -0.463 e. The molecule has 2 aromatic rings. The highest BCUT2D eigenvalue weighted by Crippen LogP contribution is 2.29. The Kier molecular flexibility index (Phi) is 7.29. The molecule has 8 nitrogen and oxygen atoms in total. The quantitative estimate of drug-likeness (QED) is 0.624. The number of hydrogen-bond donors (Lipinski definition) is 2. The lowest BCUT2D eigenvalue weighted by atomic mass is 9.95. The Hall–Kier alpha value is -2.62. The highest BCUT2D eigenvalue weighted by Gasteiger charge is 2.34. The third-order valence-corrected chi connectivity index (χ3v) is 6.60. The minimum absolute atomic E-state index is 0.253. The fraction of sp³-hybridized carbons (Fsp3) is 0.409. The van der Waals surface area contributed by atoms with Gasteiger partial charge in [0.1, 0.15) is 0 Å². The van der Waals surface area contributed by atoms with Gasteiger partial charge in [0.2, 0.25) is 0 Å². The first-order valence-corrected chi connectivity index (χ1v) is 11.9. The number of halogens is 1. The molecule has 32 heavy (non-hydrogen) atoms. The average Bonchev–Trinajstić information content (AvgIpc) is 3.21. The summed E-state index contributed by atoms with van der Waals surface area (Å²) >= 11 is 7.67. The van der Waals surface area contributed by atoms with Crippen LogP contribution >= 0.6 is 22.9 Å². The molecule has 1 fully saturated rings. The highest BCUT2D eigenvalue weighted by atomic mass is 35.5. The summed E-state index contributed by atoms with van der Waals surface area (Å²) in [6, 6.07) is 6.17. The van der Waals surface area contributed by atoms with E-state index in [4.69, 9.17) is 16.3 Å².